The number of benzene rings is 2. The van der Waals surface area contributed by atoms with Crippen LogP contribution in [0.2, 0.25) is 0 Å². The first-order valence-corrected chi connectivity index (χ1v) is 7.76. The number of aryl methyl sites for hydroxylation is 1. The van der Waals surface area contributed by atoms with E-state index in [0.717, 1.165) is 12.3 Å². The molecule has 19 heavy (non-hydrogen) atoms. The van der Waals surface area contributed by atoms with Gasteiger partial charge in [-0.05, 0) is 36.7 Å². The first kappa shape index (κ1) is 14.2. The van der Waals surface area contributed by atoms with Gasteiger partial charge >= 0.3 is 0 Å². The fourth-order valence-electron chi connectivity index (χ4n) is 2.18. The van der Waals surface area contributed by atoms with Crippen molar-refractivity contribution >= 4 is 11.8 Å². The molecule has 0 heterocycles. The van der Waals surface area contributed by atoms with Crippen LogP contribution in [0.4, 0.5) is 0 Å². The Labute approximate surface area is 120 Å². The van der Waals surface area contributed by atoms with Crippen LogP contribution in [0.25, 0.3) is 0 Å². The van der Waals surface area contributed by atoms with Crippen molar-refractivity contribution in [2.45, 2.75) is 24.8 Å². The molecule has 2 rings (SSSR count). The summed E-state index contributed by atoms with van der Waals surface area (Å²) in [4.78, 5) is 1.33. The summed E-state index contributed by atoms with van der Waals surface area (Å²) < 4.78 is 0. The zero-order chi connectivity index (χ0) is 13.5. The maximum absolute atomic E-state index is 3.59. The lowest BCUT2D eigenvalue weighted by Crippen LogP contribution is -2.23. The minimum Gasteiger partial charge on any atom is -0.309 e. The topological polar surface area (TPSA) is 12.0 Å². The van der Waals surface area contributed by atoms with E-state index in [1.807, 2.05) is 11.8 Å². The highest BCUT2D eigenvalue weighted by molar-refractivity contribution is 7.99. The van der Waals surface area contributed by atoms with Crippen molar-refractivity contribution in [1.29, 1.82) is 0 Å². The van der Waals surface area contributed by atoms with E-state index in [1.54, 1.807) is 0 Å². The molecule has 0 fully saturated rings. The maximum atomic E-state index is 3.59. The zero-order valence-corrected chi connectivity index (χ0v) is 12.4. The molecule has 0 aliphatic rings. The zero-order valence-electron chi connectivity index (χ0n) is 11.6. The van der Waals surface area contributed by atoms with Crippen molar-refractivity contribution in [1.82, 2.24) is 5.32 Å². The molecule has 0 spiro atoms. The van der Waals surface area contributed by atoms with Gasteiger partial charge in [0, 0.05) is 16.7 Å². The van der Waals surface area contributed by atoms with Crippen molar-refractivity contribution < 1.29 is 0 Å². The van der Waals surface area contributed by atoms with Gasteiger partial charge in [-0.3, -0.25) is 0 Å². The van der Waals surface area contributed by atoms with Crippen LogP contribution in [-0.4, -0.2) is 12.3 Å². The first-order valence-electron chi connectivity index (χ1n) is 6.78. The van der Waals surface area contributed by atoms with E-state index in [9.17, 15) is 0 Å². The van der Waals surface area contributed by atoms with Gasteiger partial charge in [0.05, 0.1) is 0 Å². The van der Waals surface area contributed by atoms with E-state index in [1.165, 1.54) is 16.0 Å². The lowest BCUT2D eigenvalue weighted by atomic mass is 10.0. The predicted octanol–water partition coefficient (Wildman–Crippen LogP) is 4.44. The molecular formula is C17H21NS. The summed E-state index contributed by atoms with van der Waals surface area (Å²) in [7, 11) is 0. The second-order valence-corrected chi connectivity index (χ2v) is 5.68. The summed E-state index contributed by atoms with van der Waals surface area (Å²) in [5, 5.41) is 3.59. The SMILES string of the molecule is CCNC(CSc1ccccc1)c1ccccc1C. The summed E-state index contributed by atoms with van der Waals surface area (Å²) in [5.74, 6) is 1.06. The first-order chi connectivity index (χ1) is 9.31. The monoisotopic (exact) mass is 271 g/mol. The molecule has 0 saturated heterocycles. The van der Waals surface area contributed by atoms with Crippen LogP contribution >= 0.6 is 11.8 Å². The molecule has 2 aromatic carbocycles. The number of rotatable bonds is 6. The Hall–Kier alpha value is -1.25. The molecular weight excluding hydrogens is 250 g/mol. The number of thioether (sulfide) groups is 1. The standard InChI is InChI=1S/C17H21NS/c1-3-18-17(16-12-8-7-9-14(16)2)13-19-15-10-5-4-6-11-15/h4-12,17-18H,3,13H2,1-2H3. The Morgan fingerprint density at radius 3 is 2.37 bits per heavy atom. The van der Waals surface area contributed by atoms with Crippen LogP contribution in [0.5, 0.6) is 0 Å². The van der Waals surface area contributed by atoms with Gasteiger partial charge in [-0.25, -0.2) is 0 Å². The highest BCUT2D eigenvalue weighted by Gasteiger charge is 2.12. The van der Waals surface area contributed by atoms with Gasteiger partial charge in [-0.1, -0.05) is 49.4 Å². The van der Waals surface area contributed by atoms with Crippen molar-refractivity contribution in [2.24, 2.45) is 0 Å². The number of hydrogen-bond acceptors (Lipinski definition) is 2. The normalized spacial score (nSPS) is 12.3. The fraction of sp³-hybridized carbons (Fsp3) is 0.294. The van der Waals surface area contributed by atoms with Gasteiger partial charge in [-0.15, -0.1) is 11.8 Å². The Kier molecular flexibility index (Phi) is 5.49. The van der Waals surface area contributed by atoms with Crippen LogP contribution in [0, 0.1) is 6.92 Å². The molecule has 0 bridgehead atoms. The van der Waals surface area contributed by atoms with Crippen molar-refractivity contribution in [3.8, 4) is 0 Å². The van der Waals surface area contributed by atoms with Crippen molar-refractivity contribution in [3.63, 3.8) is 0 Å². The number of hydrogen-bond donors (Lipinski definition) is 1. The van der Waals surface area contributed by atoms with Crippen LogP contribution in [0.3, 0.4) is 0 Å². The predicted molar refractivity (Wildman–Crippen MR) is 84.8 cm³/mol. The van der Waals surface area contributed by atoms with Gasteiger partial charge in [0.1, 0.15) is 0 Å². The van der Waals surface area contributed by atoms with Gasteiger partial charge in [-0.2, -0.15) is 0 Å². The molecule has 0 aromatic heterocycles. The van der Waals surface area contributed by atoms with E-state index in [4.69, 9.17) is 0 Å². The molecule has 1 atom stereocenters. The van der Waals surface area contributed by atoms with Gasteiger partial charge in [0.15, 0.2) is 0 Å². The average molecular weight is 271 g/mol. The molecule has 2 aromatic rings. The third kappa shape index (κ3) is 4.12. The summed E-state index contributed by atoms with van der Waals surface area (Å²) in [6.45, 7) is 5.35. The Balaban J connectivity index is 2.07. The van der Waals surface area contributed by atoms with Crippen molar-refractivity contribution in [2.75, 3.05) is 12.3 Å². The molecule has 2 heteroatoms. The highest BCUT2D eigenvalue weighted by atomic mass is 32.2. The van der Waals surface area contributed by atoms with Crippen LogP contribution in [0.15, 0.2) is 59.5 Å². The van der Waals surface area contributed by atoms with Gasteiger partial charge < -0.3 is 5.32 Å². The summed E-state index contributed by atoms with van der Waals surface area (Å²) in [6.07, 6.45) is 0. The molecule has 0 radical (unpaired) electrons. The lowest BCUT2D eigenvalue weighted by Gasteiger charge is -2.20. The summed E-state index contributed by atoms with van der Waals surface area (Å²) >= 11 is 1.91. The summed E-state index contributed by atoms with van der Waals surface area (Å²) in [6, 6.07) is 19.7. The molecule has 1 nitrogen and oxygen atoms in total. The number of nitrogens with one attached hydrogen (secondary N) is 1. The van der Waals surface area contributed by atoms with Gasteiger partial charge in [0.25, 0.3) is 0 Å². The molecule has 0 saturated carbocycles. The molecule has 0 aliphatic heterocycles. The fourth-order valence-corrected chi connectivity index (χ4v) is 3.19. The Bertz CT molecular complexity index is 496. The van der Waals surface area contributed by atoms with Gasteiger partial charge in [0.2, 0.25) is 0 Å². The summed E-state index contributed by atoms with van der Waals surface area (Å²) in [5.41, 5.74) is 2.77. The smallest absolute Gasteiger partial charge is 0.0417 e. The second-order valence-electron chi connectivity index (χ2n) is 4.59. The second kappa shape index (κ2) is 7.37. The Morgan fingerprint density at radius 2 is 1.68 bits per heavy atom. The lowest BCUT2D eigenvalue weighted by molar-refractivity contribution is 0.603. The molecule has 1 unspecified atom stereocenters. The van der Waals surface area contributed by atoms with Crippen LogP contribution in [-0.2, 0) is 0 Å². The minimum atomic E-state index is 0.413. The molecule has 100 valence electrons. The van der Waals surface area contributed by atoms with E-state index in [2.05, 4.69) is 73.8 Å². The third-order valence-electron chi connectivity index (χ3n) is 3.17. The average Bonchev–Trinajstić information content (AvgIpc) is 2.45. The molecule has 0 aliphatic carbocycles. The third-order valence-corrected chi connectivity index (χ3v) is 4.28. The van der Waals surface area contributed by atoms with Crippen LogP contribution < -0.4 is 5.32 Å². The van der Waals surface area contributed by atoms with E-state index in [-0.39, 0.29) is 0 Å². The minimum absolute atomic E-state index is 0.413. The molecule has 1 N–H and O–H groups in total. The van der Waals surface area contributed by atoms with E-state index < -0.39 is 0 Å². The van der Waals surface area contributed by atoms with Crippen LogP contribution in [0.1, 0.15) is 24.1 Å². The maximum Gasteiger partial charge on any atom is 0.0417 e. The molecule has 0 amide bonds. The quantitative estimate of drug-likeness (QED) is 0.780. The largest absolute Gasteiger partial charge is 0.309 e. The highest BCUT2D eigenvalue weighted by Crippen LogP contribution is 2.26. The van der Waals surface area contributed by atoms with E-state index >= 15 is 0 Å². The van der Waals surface area contributed by atoms with E-state index in [0.29, 0.717) is 6.04 Å². The Morgan fingerprint density at radius 1 is 1.00 bits per heavy atom. The van der Waals surface area contributed by atoms with Crippen molar-refractivity contribution in [3.05, 3.63) is 65.7 Å².